The average molecular weight is 168 g/mol. The monoisotopic (exact) mass is 168 g/mol. The molecule has 0 aromatic heterocycles. The van der Waals surface area contributed by atoms with Crippen molar-refractivity contribution in [1.29, 1.82) is 0 Å². The van der Waals surface area contributed by atoms with Gasteiger partial charge in [-0.2, -0.15) is 0 Å². The van der Waals surface area contributed by atoms with Gasteiger partial charge in [-0.15, -0.1) is 0 Å². The molecule has 12 heavy (non-hydrogen) atoms. The first kappa shape index (κ1) is 8.52. The molecule has 0 aliphatic carbocycles. The van der Waals surface area contributed by atoms with Crippen LogP contribution in [0.25, 0.3) is 0 Å². The number of fused-ring (bicyclic) bond motifs is 1. The minimum atomic E-state index is 0.392. The molecule has 0 aromatic rings. The zero-order chi connectivity index (χ0) is 8.82. The van der Waals surface area contributed by atoms with Crippen LogP contribution in [0.1, 0.15) is 33.1 Å². The lowest BCUT2D eigenvalue weighted by Crippen LogP contribution is -2.44. The van der Waals surface area contributed by atoms with Crippen molar-refractivity contribution in [2.45, 2.75) is 38.6 Å². The van der Waals surface area contributed by atoms with E-state index in [1.54, 1.807) is 0 Å². The largest absolute Gasteiger partial charge is 0.329 e. The summed E-state index contributed by atoms with van der Waals surface area (Å²) < 4.78 is 0. The quantitative estimate of drug-likeness (QED) is 0.637. The third kappa shape index (κ3) is 1.09. The molecule has 2 heteroatoms. The summed E-state index contributed by atoms with van der Waals surface area (Å²) in [6, 6.07) is 0. The summed E-state index contributed by atoms with van der Waals surface area (Å²) in [6.07, 6.45) is 3.98. The second-order valence-electron chi connectivity index (χ2n) is 5.29. The maximum atomic E-state index is 5.89. The van der Waals surface area contributed by atoms with Crippen molar-refractivity contribution in [1.82, 2.24) is 4.90 Å². The van der Waals surface area contributed by atoms with Crippen LogP contribution in [-0.4, -0.2) is 30.1 Å². The highest BCUT2D eigenvalue weighted by Gasteiger charge is 2.50. The van der Waals surface area contributed by atoms with Crippen molar-refractivity contribution in [3.63, 3.8) is 0 Å². The van der Waals surface area contributed by atoms with Crippen molar-refractivity contribution in [3.8, 4) is 0 Å². The van der Waals surface area contributed by atoms with E-state index in [4.69, 9.17) is 5.73 Å². The summed E-state index contributed by atoms with van der Waals surface area (Å²) in [7, 11) is 0. The molecular weight excluding hydrogens is 148 g/mol. The van der Waals surface area contributed by atoms with Gasteiger partial charge in [0.05, 0.1) is 0 Å². The predicted octanol–water partition coefficient (Wildman–Crippen LogP) is 1.21. The smallest absolute Gasteiger partial charge is 0.0338 e. The highest BCUT2D eigenvalue weighted by atomic mass is 15.3. The van der Waals surface area contributed by atoms with E-state index in [1.807, 2.05) is 0 Å². The Kier molecular flexibility index (Phi) is 1.74. The third-order valence-electron chi connectivity index (χ3n) is 3.55. The molecule has 0 amide bonds. The molecule has 2 aliphatic heterocycles. The fraction of sp³-hybridized carbons (Fsp3) is 1.00. The molecule has 70 valence electrons. The van der Waals surface area contributed by atoms with E-state index in [0.717, 1.165) is 6.54 Å². The molecule has 2 heterocycles. The zero-order valence-electron chi connectivity index (χ0n) is 8.27. The van der Waals surface area contributed by atoms with Gasteiger partial charge in [0.2, 0.25) is 0 Å². The summed E-state index contributed by atoms with van der Waals surface area (Å²) in [6.45, 7) is 8.12. The standard InChI is InChI=1S/C10H20N2/c1-9(2)6-10(7-11)4-3-5-12(10)8-9/h3-8,11H2,1-2H3/t10-/m1/s1. The van der Waals surface area contributed by atoms with Crippen molar-refractivity contribution < 1.29 is 0 Å². The molecule has 0 bridgehead atoms. The molecule has 0 saturated carbocycles. The van der Waals surface area contributed by atoms with Gasteiger partial charge in [0.1, 0.15) is 0 Å². The average Bonchev–Trinajstić information content (AvgIpc) is 2.40. The maximum absolute atomic E-state index is 5.89. The van der Waals surface area contributed by atoms with Gasteiger partial charge in [-0.25, -0.2) is 0 Å². The van der Waals surface area contributed by atoms with Crippen molar-refractivity contribution in [2.75, 3.05) is 19.6 Å². The van der Waals surface area contributed by atoms with Crippen molar-refractivity contribution in [3.05, 3.63) is 0 Å². The van der Waals surface area contributed by atoms with Gasteiger partial charge < -0.3 is 5.73 Å². The summed E-state index contributed by atoms with van der Waals surface area (Å²) in [5.41, 5.74) is 6.78. The molecule has 2 saturated heterocycles. The summed E-state index contributed by atoms with van der Waals surface area (Å²) in [5, 5.41) is 0. The predicted molar refractivity (Wildman–Crippen MR) is 51.0 cm³/mol. The summed E-state index contributed by atoms with van der Waals surface area (Å²) in [5.74, 6) is 0. The van der Waals surface area contributed by atoms with Gasteiger partial charge in [-0.3, -0.25) is 4.90 Å². The Labute approximate surface area is 75.1 Å². The number of nitrogens with zero attached hydrogens (tertiary/aromatic N) is 1. The Bertz CT molecular complexity index is 188. The van der Waals surface area contributed by atoms with Crippen LogP contribution < -0.4 is 5.73 Å². The molecule has 2 aliphatic rings. The van der Waals surface area contributed by atoms with E-state index in [0.29, 0.717) is 11.0 Å². The zero-order valence-corrected chi connectivity index (χ0v) is 8.27. The second-order valence-corrected chi connectivity index (χ2v) is 5.29. The van der Waals surface area contributed by atoms with Crippen molar-refractivity contribution >= 4 is 0 Å². The van der Waals surface area contributed by atoms with Crippen LogP contribution >= 0.6 is 0 Å². The number of nitrogens with two attached hydrogens (primary N) is 1. The van der Waals surface area contributed by atoms with Crippen LogP contribution in [0.15, 0.2) is 0 Å². The molecule has 1 atom stereocenters. The first-order valence-corrected chi connectivity index (χ1v) is 5.03. The molecule has 2 N–H and O–H groups in total. The van der Waals surface area contributed by atoms with E-state index in [1.165, 1.54) is 32.4 Å². The fourth-order valence-electron chi connectivity index (χ4n) is 3.21. The van der Waals surface area contributed by atoms with E-state index in [-0.39, 0.29) is 0 Å². The van der Waals surface area contributed by atoms with Gasteiger partial charge in [0.15, 0.2) is 0 Å². The van der Waals surface area contributed by atoms with Crippen LogP contribution in [0.4, 0.5) is 0 Å². The maximum Gasteiger partial charge on any atom is 0.0338 e. The molecule has 0 aromatic carbocycles. The van der Waals surface area contributed by atoms with E-state index < -0.39 is 0 Å². The highest BCUT2D eigenvalue weighted by molar-refractivity contribution is 5.06. The number of hydrogen-bond donors (Lipinski definition) is 1. The molecule has 0 spiro atoms. The minimum absolute atomic E-state index is 0.392. The van der Waals surface area contributed by atoms with Gasteiger partial charge in [-0.05, 0) is 31.2 Å². The Balaban J connectivity index is 2.20. The van der Waals surface area contributed by atoms with Crippen LogP contribution in [0, 0.1) is 5.41 Å². The summed E-state index contributed by atoms with van der Waals surface area (Å²) >= 11 is 0. The highest BCUT2D eigenvalue weighted by Crippen LogP contribution is 2.46. The fourth-order valence-corrected chi connectivity index (χ4v) is 3.21. The molecule has 2 fully saturated rings. The van der Waals surface area contributed by atoms with Crippen LogP contribution in [0.2, 0.25) is 0 Å². The molecule has 0 radical (unpaired) electrons. The lowest BCUT2D eigenvalue weighted by molar-refractivity contribution is 0.203. The molecule has 2 nitrogen and oxygen atoms in total. The van der Waals surface area contributed by atoms with Gasteiger partial charge >= 0.3 is 0 Å². The lowest BCUT2D eigenvalue weighted by Gasteiger charge is -2.30. The third-order valence-corrected chi connectivity index (χ3v) is 3.55. The minimum Gasteiger partial charge on any atom is -0.329 e. The first-order chi connectivity index (χ1) is 5.58. The van der Waals surface area contributed by atoms with E-state index in [9.17, 15) is 0 Å². The summed E-state index contributed by atoms with van der Waals surface area (Å²) in [4.78, 5) is 2.62. The SMILES string of the molecule is CC1(C)CN2CCC[C@]2(CN)C1. The molecule has 0 unspecified atom stereocenters. The topological polar surface area (TPSA) is 29.3 Å². The van der Waals surface area contributed by atoms with Crippen LogP contribution in [0.5, 0.6) is 0 Å². The van der Waals surface area contributed by atoms with Crippen LogP contribution in [0.3, 0.4) is 0 Å². The Morgan fingerprint density at radius 2 is 2.17 bits per heavy atom. The van der Waals surface area contributed by atoms with Gasteiger partial charge in [0, 0.05) is 18.6 Å². The number of rotatable bonds is 1. The molecule has 2 rings (SSSR count). The lowest BCUT2D eigenvalue weighted by atomic mass is 9.82. The van der Waals surface area contributed by atoms with Crippen molar-refractivity contribution in [2.24, 2.45) is 11.1 Å². The van der Waals surface area contributed by atoms with Gasteiger partial charge in [-0.1, -0.05) is 13.8 Å². The molecular formula is C10H20N2. The first-order valence-electron chi connectivity index (χ1n) is 5.03. The van der Waals surface area contributed by atoms with Gasteiger partial charge in [0.25, 0.3) is 0 Å². The second kappa shape index (κ2) is 2.46. The van der Waals surface area contributed by atoms with E-state index in [2.05, 4.69) is 18.7 Å². The Morgan fingerprint density at radius 3 is 2.75 bits per heavy atom. The Morgan fingerprint density at radius 1 is 1.42 bits per heavy atom. The number of hydrogen-bond acceptors (Lipinski definition) is 2. The Hall–Kier alpha value is -0.0800. The van der Waals surface area contributed by atoms with Crippen LogP contribution in [-0.2, 0) is 0 Å². The normalized spacial score (nSPS) is 40.2. The van der Waals surface area contributed by atoms with E-state index >= 15 is 0 Å².